The van der Waals surface area contributed by atoms with Gasteiger partial charge in [-0.25, -0.2) is 9.78 Å². The number of fused-ring (bicyclic) bond motifs is 1. The van der Waals surface area contributed by atoms with Gasteiger partial charge in [0.15, 0.2) is 0 Å². The molecule has 34 heavy (non-hydrogen) atoms. The van der Waals surface area contributed by atoms with Crippen LogP contribution >= 0.6 is 0 Å². The van der Waals surface area contributed by atoms with E-state index in [-0.39, 0.29) is 5.97 Å². The van der Waals surface area contributed by atoms with Crippen LogP contribution in [0.5, 0.6) is 0 Å². The van der Waals surface area contributed by atoms with E-state index in [0.717, 1.165) is 35.4 Å². The predicted octanol–water partition coefficient (Wildman–Crippen LogP) is 7.91. The lowest BCUT2D eigenvalue weighted by atomic mass is 10.0. The number of nitrogens with zero attached hydrogens (tertiary/aromatic N) is 2. The first-order chi connectivity index (χ1) is 16.7. The third-order valence-electron chi connectivity index (χ3n) is 6.24. The third-order valence-corrected chi connectivity index (χ3v) is 6.24. The second kappa shape index (κ2) is 11.6. The number of hydrogen-bond donors (Lipinski definition) is 0. The number of imidazole rings is 1. The Morgan fingerprint density at radius 3 is 2.21 bits per heavy atom. The Balaban J connectivity index is 1.64. The average molecular weight is 455 g/mol. The molecule has 0 N–H and O–H groups in total. The van der Waals surface area contributed by atoms with Gasteiger partial charge in [-0.2, -0.15) is 0 Å². The van der Waals surface area contributed by atoms with Gasteiger partial charge >= 0.3 is 5.97 Å². The highest BCUT2D eigenvalue weighted by molar-refractivity contribution is 5.94. The molecule has 0 fully saturated rings. The minimum Gasteiger partial charge on any atom is -0.462 e. The quantitative estimate of drug-likeness (QED) is 0.171. The molecule has 0 aliphatic heterocycles. The van der Waals surface area contributed by atoms with Crippen LogP contribution in [0.15, 0.2) is 72.8 Å². The van der Waals surface area contributed by atoms with E-state index >= 15 is 0 Å². The van der Waals surface area contributed by atoms with Crippen molar-refractivity contribution in [1.82, 2.24) is 9.55 Å². The number of carbonyl (C=O) groups excluding carboxylic acids is 1. The van der Waals surface area contributed by atoms with Crippen molar-refractivity contribution >= 4 is 17.0 Å². The Morgan fingerprint density at radius 2 is 1.47 bits per heavy atom. The summed E-state index contributed by atoms with van der Waals surface area (Å²) < 4.78 is 7.50. The number of ether oxygens (including phenoxy) is 1. The Kier molecular flexibility index (Phi) is 8.13. The monoisotopic (exact) mass is 454 g/mol. The van der Waals surface area contributed by atoms with Gasteiger partial charge in [-0.1, -0.05) is 93.6 Å². The molecule has 0 unspecified atom stereocenters. The van der Waals surface area contributed by atoms with Crippen molar-refractivity contribution in [2.45, 2.75) is 58.9 Å². The predicted molar refractivity (Wildman–Crippen MR) is 140 cm³/mol. The Morgan fingerprint density at radius 1 is 0.794 bits per heavy atom. The van der Waals surface area contributed by atoms with E-state index in [2.05, 4.69) is 60.0 Å². The first kappa shape index (κ1) is 23.7. The highest BCUT2D eigenvalue weighted by Gasteiger charge is 2.15. The number of aryl methyl sites for hydroxylation is 1. The van der Waals surface area contributed by atoms with Crippen LogP contribution < -0.4 is 0 Å². The van der Waals surface area contributed by atoms with Crippen LogP contribution in [0, 0.1) is 0 Å². The van der Waals surface area contributed by atoms with Crippen LogP contribution in [0.3, 0.4) is 0 Å². The number of aromatic nitrogens is 2. The summed E-state index contributed by atoms with van der Waals surface area (Å²) in [5.41, 5.74) is 5.91. The van der Waals surface area contributed by atoms with Crippen LogP contribution in [0.4, 0.5) is 0 Å². The van der Waals surface area contributed by atoms with Gasteiger partial charge in [0, 0.05) is 12.1 Å². The summed E-state index contributed by atoms with van der Waals surface area (Å²) >= 11 is 0. The van der Waals surface area contributed by atoms with Crippen molar-refractivity contribution in [3.63, 3.8) is 0 Å². The van der Waals surface area contributed by atoms with E-state index in [1.54, 1.807) is 0 Å². The summed E-state index contributed by atoms with van der Waals surface area (Å²) in [5.74, 6) is 0.646. The molecular formula is C30H34N2O2. The van der Waals surface area contributed by atoms with Gasteiger partial charge in [-0.3, -0.25) is 0 Å². The molecule has 4 heteroatoms. The lowest BCUT2D eigenvalue weighted by Crippen LogP contribution is -2.04. The first-order valence-electron chi connectivity index (χ1n) is 12.5. The SMILES string of the molecule is CCCCCCCCn1c(-c2ccc(-c3ccccc3)cc2)nc2cc(C(=O)OCC)ccc21. The Labute approximate surface area is 202 Å². The molecule has 0 saturated carbocycles. The highest BCUT2D eigenvalue weighted by Crippen LogP contribution is 2.29. The van der Waals surface area contributed by atoms with Crippen molar-refractivity contribution in [2.75, 3.05) is 6.61 Å². The molecule has 1 aromatic heterocycles. The number of benzene rings is 3. The molecule has 0 radical (unpaired) electrons. The summed E-state index contributed by atoms with van der Waals surface area (Å²) in [4.78, 5) is 17.2. The van der Waals surface area contributed by atoms with Gasteiger partial charge in [0.1, 0.15) is 5.82 Å². The summed E-state index contributed by atoms with van der Waals surface area (Å²) in [6.07, 6.45) is 7.48. The zero-order valence-electron chi connectivity index (χ0n) is 20.3. The highest BCUT2D eigenvalue weighted by atomic mass is 16.5. The molecule has 0 aliphatic rings. The molecule has 0 aliphatic carbocycles. The standard InChI is InChI=1S/C30H34N2O2/c1-3-5-6-7-8-12-21-32-28-20-19-26(30(33)34-4-2)22-27(28)31-29(32)25-17-15-24(16-18-25)23-13-10-9-11-14-23/h9-11,13-20,22H,3-8,12,21H2,1-2H3. The van der Waals surface area contributed by atoms with Gasteiger partial charge in [0.05, 0.1) is 23.2 Å². The number of rotatable bonds is 11. The minimum absolute atomic E-state index is 0.302. The second-order valence-corrected chi connectivity index (χ2v) is 8.72. The molecule has 4 nitrogen and oxygen atoms in total. The number of hydrogen-bond acceptors (Lipinski definition) is 3. The van der Waals surface area contributed by atoms with Crippen LogP contribution in [0.25, 0.3) is 33.5 Å². The fraction of sp³-hybridized carbons (Fsp3) is 0.333. The summed E-state index contributed by atoms with van der Waals surface area (Å²) in [6, 6.07) is 24.7. The van der Waals surface area contributed by atoms with Crippen LogP contribution in [0.1, 0.15) is 62.7 Å². The van der Waals surface area contributed by atoms with E-state index in [4.69, 9.17) is 9.72 Å². The summed E-state index contributed by atoms with van der Waals surface area (Å²) in [6.45, 7) is 5.35. The van der Waals surface area contributed by atoms with Crippen LogP contribution in [-0.4, -0.2) is 22.1 Å². The zero-order valence-corrected chi connectivity index (χ0v) is 20.3. The maximum absolute atomic E-state index is 12.3. The van der Waals surface area contributed by atoms with E-state index < -0.39 is 0 Å². The molecule has 0 saturated heterocycles. The third kappa shape index (κ3) is 5.56. The molecule has 4 rings (SSSR count). The molecular weight excluding hydrogens is 420 g/mol. The molecule has 0 atom stereocenters. The van der Waals surface area contributed by atoms with Crippen LogP contribution in [0.2, 0.25) is 0 Å². The van der Waals surface area contributed by atoms with Crippen molar-refractivity contribution in [2.24, 2.45) is 0 Å². The van der Waals surface area contributed by atoms with E-state index in [9.17, 15) is 4.79 Å². The molecule has 176 valence electrons. The lowest BCUT2D eigenvalue weighted by molar-refractivity contribution is 0.0526. The number of carbonyl (C=O) groups is 1. The van der Waals surface area contributed by atoms with E-state index in [1.807, 2.05) is 31.2 Å². The first-order valence-corrected chi connectivity index (χ1v) is 12.5. The molecule has 0 spiro atoms. The van der Waals surface area contributed by atoms with Gasteiger partial charge in [0.2, 0.25) is 0 Å². The summed E-state index contributed by atoms with van der Waals surface area (Å²) in [5, 5.41) is 0. The van der Waals surface area contributed by atoms with Crippen molar-refractivity contribution < 1.29 is 9.53 Å². The minimum atomic E-state index is -0.302. The Bertz CT molecular complexity index is 1210. The van der Waals surface area contributed by atoms with Gasteiger partial charge in [0.25, 0.3) is 0 Å². The van der Waals surface area contributed by atoms with Crippen molar-refractivity contribution in [3.8, 4) is 22.5 Å². The topological polar surface area (TPSA) is 44.1 Å². The maximum atomic E-state index is 12.3. The molecule has 4 aromatic rings. The largest absolute Gasteiger partial charge is 0.462 e. The fourth-order valence-electron chi connectivity index (χ4n) is 4.41. The number of esters is 1. The normalized spacial score (nSPS) is 11.1. The van der Waals surface area contributed by atoms with Crippen LogP contribution in [-0.2, 0) is 11.3 Å². The number of unbranched alkanes of at least 4 members (excludes halogenated alkanes) is 5. The fourth-order valence-corrected chi connectivity index (χ4v) is 4.41. The molecule has 1 heterocycles. The van der Waals surface area contributed by atoms with Crippen molar-refractivity contribution in [1.29, 1.82) is 0 Å². The second-order valence-electron chi connectivity index (χ2n) is 8.72. The molecule has 0 amide bonds. The van der Waals surface area contributed by atoms with Gasteiger partial charge in [-0.15, -0.1) is 0 Å². The zero-order chi connectivity index (χ0) is 23.8. The van der Waals surface area contributed by atoms with Gasteiger partial charge in [-0.05, 0) is 42.7 Å². The molecule has 0 bridgehead atoms. The van der Waals surface area contributed by atoms with E-state index in [0.29, 0.717) is 12.2 Å². The lowest BCUT2D eigenvalue weighted by Gasteiger charge is -2.10. The maximum Gasteiger partial charge on any atom is 0.338 e. The van der Waals surface area contributed by atoms with Crippen molar-refractivity contribution in [3.05, 3.63) is 78.4 Å². The molecule has 3 aromatic carbocycles. The van der Waals surface area contributed by atoms with Gasteiger partial charge < -0.3 is 9.30 Å². The van der Waals surface area contributed by atoms with E-state index in [1.165, 1.54) is 43.2 Å². The smallest absolute Gasteiger partial charge is 0.338 e. The Hall–Kier alpha value is -3.40. The summed E-state index contributed by atoms with van der Waals surface area (Å²) in [7, 11) is 0. The average Bonchev–Trinajstić information content (AvgIpc) is 3.24.